The zero-order valence-corrected chi connectivity index (χ0v) is 13.0. The van der Waals surface area contributed by atoms with E-state index in [4.69, 9.17) is 9.47 Å². The molecule has 0 unspecified atom stereocenters. The lowest BCUT2D eigenvalue weighted by Crippen LogP contribution is -2.11. The first-order valence-corrected chi connectivity index (χ1v) is 6.91. The van der Waals surface area contributed by atoms with E-state index in [1.54, 1.807) is 0 Å². The number of rotatable bonds is 4. The third-order valence-electron chi connectivity index (χ3n) is 2.78. The first-order chi connectivity index (χ1) is 9.52. The lowest BCUT2D eigenvalue weighted by molar-refractivity contribution is 0.361. The molecule has 0 spiro atoms. The third kappa shape index (κ3) is 3.01. The zero-order valence-electron chi connectivity index (χ0n) is 11.4. The average molecular weight is 339 g/mol. The molecule has 106 valence electrons. The first-order valence-electron chi connectivity index (χ1n) is 6.12. The molecule has 0 atom stereocenters. The van der Waals surface area contributed by atoms with Crippen LogP contribution in [0.3, 0.4) is 0 Å². The van der Waals surface area contributed by atoms with Gasteiger partial charge >= 0.3 is 0 Å². The molecular weight excluding hydrogens is 324 g/mol. The zero-order chi connectivity index (χ0) is 14.7. The van der Waals surface area contributed by atoms with E-state index < -0.39 is 0 Å². The van der Waals surface area contributed by atoms with Crippen LogP contribution in [-0.2, 0) is 0 Å². The van der Waals surface area contributed by atoms with Crippen molar-refractivity contribution in [2.24, 2.45) is 0 Å². The summed E-state index contributed by atoms with van der Waals surface area (Å²) in [4.78, 5) is 18.1. The van der Waals surface area contributed by atoms with Crippen LogP contribution in [0.1, 0.15) is 25.3 Å². The number of aromatic nitrogens is 2. The van der Waals surface area contributed by atoms with E-state index in [0.29, 0.717) is 5.75 Å². The van der Waals surface area contributed by atoms with Gasteiger partial charge < -0.3 is 14.5 Å². The van der Waals surface area contributed by atoms with Crippen molar-refractivity contribution in [3.05, 3.63) is 44.9 Å². The summed E-state index contributed by atoms with van der Waals surface area (Å²) < 4.78 is 11.8. The smallest absolute Gasteiger partial charge is 0.297 e. The molecule has 0 fully saturated rings. The summed E-state index contributed by atoms with van der Waals surface area (Å²) in [5, 5.41) is 0. The summed E-state index contributed by atoms with van der Waals surface area (Å²) in [6.07, 6.45) is 1.29. The van der Waals surface area contributed by atoms with Crippen LogP contribution < -0.4 is 15.0 Å². The Kier molecular flexibility index (Phi) is 4.44. The van der Waals surface area contributed by atoms with Gasteiger partial charge in [-0.15, -0.1) is 0 Å². The van der Waals surface area contributed by atoms with E-state index in [-0.39, 0.29) is 23.1 Å². The molecular formula is C14H15BrN2O3. The monoisotopic (exact) mass is 338 g/mol. The Morgan fingerprint density at radius 2 is 2.10 bits per heavy atom. The number of aromatic amines is 1. The van der Waals surface area contributed by atoms with Crippen LogP contribution in [0.5, 0.6) is 17.4 Å². The van der Waals surface area contributed by atoms with Crippen LogP contribution in [0.15, 0.2) is 33.8 Å². The van der Waals surface area contributed by atoms with E-state index in [9.17, 15) is 4.79 Å². The maximum absolute atomic E-state index is 11.6. The normalized spacial score (nSPS) is 10.7. The van der Waals surface area contributed by atoms with E-state index in [1.807, 2.05) is 18.2 Å². The number of hydrogen-bond donors (Lipinski definition) is 1. The predicted octanol–water partition coefficient (Wildman–Crippen LogP) is 3.46. The van der Waals surface area contributed by atoms with E-state index in [0.717, 1.165) is 10.0 Å². The Hall–Kier alpha value is -1.82. The Bertz CT molecular complexity index is 668. The van der Waals surface area contributed by atoms with Crippen molar-refractivity contribution in [3.63, 3.8) is 0 Å². The summed E-state index contributed by atoms with van der Waals surface area (Å²) in [5.41, 5.74) is 0.643. The molecule has 1 heterocycles. The van der Waals surface area contributed by atoms with Gasteiger partial charge in [-0.25, -0.2) is 4.98 Å². The molecule has 1 aromatic carbocycles. The second-order valence-corrected chi connectivity index (χ2v) is 5.42. The van der Waals surface area contributed by atoms with Crippen LogP contribution in [-0.4, -0.2) is 17.1 Å². The topological polar surface area (TPSA) is 64.2 Å². The lowest BCUT2D eigenvalue weighted by Gasteiger charge is -2.14. The van der Waals surface area contributed by atoms with Crippen LogP contribution in [0.4, 0.5) is 0 Å². The highest BCUT2D eigenvalue weighted by Crippen LogP contribution is 2.34. The molecule has 5 nitrogen and oxygen atoms in total. The molecule has 1 N–H and O–H groups in total. The number of nitrogens with zero attached hydrogens (tertiary/aromatic N) is 1. The summed E-state index contributed by atoms with van der Waals surface area (Å²) in [7, 11) is 1.41. The van der Waals surface area contributed by atoms with Crippen LogP contribution in [0, 0.1) is 0 Å². The quantitative estimate of drug-likeness (QED) is 0.927. The predicted molar refractivity (Wildman–Crippen MR) is 79.7 cm³/mol. The fourth-order valence-electron chi connectivity index (χ4n) is 1.79. The van der Waals surface area contributed by atoms with Crippen molar-refractivity contribution < 1.29 is 9.47 Å². The molecule has 2 aromatic rings. The summed E-state index contributed by atoms with van der Waals surface area (Å²) in [6, 6.07) is 5.70. The highest BCUT2D eigenvalue weighted by atomic mass is 79.9. The van der Waals surface area contributed by atoms with Crippen molar-refractivity contribution >= 4 is 15.9 Å². The minimum Gasteiger partial charge on any atom is -0.487 e. The van der Waals surface area contributed by atoms with Crippen LogP contribution in [0.2, 0.25) is 0 Å². The molecule has 0 radical (unpaired) electrons. The molecule has 2 rings (SSSR count). The van der Waals surface area contributed by atoms with E-state index >= 15 is 0 Å². The second kappa shape index (κ2) is 6.09. The summed E-state index contributed by atoms with van der Waals surface area (Å²) >= 11 is 3.44. The van der Waals surface area contributed by atoms with Gasteiger partial charge in [0.25, 0.3) is 11.4 Å². The minimum atomic E-state index is -0.374. The number of benzene rings is 1. The molecule has 1 aromatic heterocycles. The van der Waals surface area contributed by atoms with Gasteiger partial charge in [0, 0.05) is 4.47 Å². The van der Waals surface area contributed by atoms with Crippen molar-refractivity contribution in [1.29, 1.82) is 0 Å². The van der Waals surface area contributed by atoms with Gasteiger partial charge in [0.2, 0.25) is 5.75 Å². The highest BCUT2D eigenvalue weighted by molar-refractivity contribution is 9.10. The largest absolute Gasteiger partial charge is 0.487 e. The third-order valence-corrected chi connectivity index (χ3v) is 3.28. The highest BCUT2D eigenvalue weighted by Gasteiger charge is 2.15. The summed E-state index contributed by atoms with van der Waals surface area (Å²) in [5.74, 6) is 1.14. The number of halogens is 1. The molecule has 6 heteroatoms. The molecule has 0 aliphatic rings. The van der Waals surface area contributed by atoms with Gasteiger partial charge in [0.05, 0.1) is 13.4 Å². The SMILES string of the molecule is COc1c(Oc2ccc(Br)cc2C(C)C)nc[nH]c1=O. The van der Waals surface area contributed by atoms with Crippen molar-refractivity contribution in [1.82, 2.24) is 9.97 Å². The summed E-state index contributed by atoms with van der Waals surface area (Å²) in [6.45, 7) is 4.13. The molecule has 0 saturated heterocycles. The lowest BCUT2D eigenvalue weighted by atomic mass is 10.0. The van der Waals surface area contributed by atoms with Gasteiger partial charge in [-0.3, -0.25) is 4.79 Å². The maximum Gasteiger partial charge on any atom is 0.297 e. The minimum absolute atomic E-state index is 0.0603. The van der Waals surface area contributed by atoms with Crippen LogP contribution in [0.25, 0.3) is 0 Å². The number of ether oxygens (including phenoxy) is 2. The second-order valence-electron chi connectivity index (χ2n) is 4.51. The van der Waals surface area contributed by atoms with Crippen molar-refractivity contribution in [3.8, 4) is 17.4 Å². The van der Waals surface area contributed by atoms with Gasteiger partial charge in [0.1, 0.15) is 5.75 Å². The number of methoxy groups -OCH3 is 1. The standard InChI is InChI=1S/C14H15BrN2O3/c1-8(2)10-6-9(15)4-5-11(10)20-14-12(19-3)13(18)16-7-17-14/h4-8H,1-3H3,(H,16,17,18). The number of hydrogen-bond acceptors (Lipinski definition) is 4. The first kappa shape index (κ1) is 14.6. The van der Waals surface area contributed by atoms with Crippen molar-refractivity contribution in [2.45, 2.75) is 19.8 Å². The molecule has 0 aliphatic heterocycles. The van der Waals surface area contributed by atoms with Gasteiger partial charge in [0.15, 0.2) is 0 Å². The van der Waals surface area contributed by atoms with E-state index in [2.05, 4.69) is 39.7 Å². The maximum atomic E-state index is 11.6. The fraction of sp³-hybridized carbons (Fsp3) is 0.286. The Morgan fingerprint density at radius 3 is 2.75 bits per heavy atom. The average Bonchev–Trinajstić information content (AvgIpc) is 2.41. The fourth-order valence-corrected chi connectivity index (χ4v) is 2.17. The Morgan fingerprint density at radius 1 is 1.35 bits per heavy atom. The molecule has 0 amide bonds. The van der Waals surface area contributed by atoms with Gasteiger partial charge in [-0.2, -0.15) is 0 Å². The van der Waals surface area contributed by atoms with Crippen LogP contribution >= 0.6 is 15.9 Å². The van der Waals surface area contributed by atoms with Crippen molar-refractivity contribution in [2.75, 3.05) is 7.11 Å². The van der Waals surface area contributed by atoms with Gasteiger partial charge in [-0.1, -0.05) is 29.8 Å². The molecule has 0 saturated carbocycles. The molecule has 0 bridgehead atoms. The molecule has 0 aliphatic carbocycles. The van der Waals surface area contributed by atoms with E-state index in [1.165, 1.54) is 13.4 Å². The number of H-pyrrole nitrogens is 1. The molecule has 20 heavy (non-hydrogen) atoms. The Balaban J connectivity index is 2.45. The number of nitrogens with one attached hydrogen (secondary N) is 1. The Labute approximate surface area is 125 Å². The van der Waals surface area contributed by atoms with Gasteiger partial charge in [-0.05, 0) is 29.7 Å².